The van der Waals surface area contributed by atoms with E-state index >= 15 is 0 Å². The molecular formula is C14H20N6O. The monoisotopic (exact) mass is 288 g/mol. The molecule has 112 valence electrons. The number of hydrogen-bond donors (Lipinski definition) is 0. The maximum absolute atomic E-state index is 11.5. The molecule has 0 atom stereocenters. The average Bonchev–Trinajstić information content (AvgIpc) is 2.88. The first-order chi connectivity index (χ1) is 10.1. The Morgan fingerprint density at radius 3 is 2.71 bits per heavy atom. The first-order valence-corrected chi connectivity index (χ1v) is 7.19. The largest absolute Gasteiger partial charge is 0.356 e. The molecule has 1 aliphatic heterocycles. The van der Waals surface area contributed by atoms with Crippen LogP contribution in [0.5, 0.6) is 0 Å². The van der Waals surface area contributed by atoms with Crippen LogP contribution in [0.1, 0.15) is 19.8 Å². The number of carbonyl (C=O) groups excluding carboxylic acids is 1. The van der Waals surface area contributed by atoms with Gasteiger partial charge in [-0.1, -0.05) is 0 Å². The van der Waals surface area contributed by atoms with E-state index < -0.39 is 0 Å². The maximum atomic E-state index is 11.5. The van der Waals surface area contributed by atoms with Gasteiger partial charge >= 0.3 is 0 Å². The molecular weight excluding hydrogens is 268 g/mol. The lowest BCUT2D eigenvalue weighted by atomic mass is 10.0. The molecule has 1 amide bonds. The van der Waals surface area contributed by atoms with E-state index in [-0.39, 0.29) is 5.91 Å². The zero-order valence-electron chi connectivity index (χ0n) is 12.7. The van der Waals surface area contributed by atoms with Crippen molar-refractivity contribution >= 4 is 22.8 Å². The van der Waals surface area contributed by atoms with Crippen LogP contribution < -0.4 is 4.90 Å². The van der Waals surface area contributed by atoms with Crippen molar-refractivity contribution in [2.24, 2.45) is 7.05 Å². The highest BCUT2D eigenvalue weighted by Crippen LogP contribution is 2.26. The summed E-state index contributed by atoms with van der Waals surface area (Å²) in [6, 6.07) is 0.324. The highest BCUT2D eigenvalue weighted by atomic mass is 16.2. The van der Waals surface area contributed by atoms with Crippen LogP contribution in [0.3, 0.4) is 0 Å². The minimum atomic E-state index is 0.130. The van der Waals surface area contributed by atoms with Gasteiger partial charge in [-0.3, -0.25) is 9.48 Å². The molecule has 0 saturated carbocycles. The number of nitrogens with zero attached hydrogens (tertiary/aromatic N) is 6. The predicted octanol–water partition coefficient (Wildman–Crippen LogP) is 0.810. The highest BCUT2D eigenvalue weighted by Gasteiger charge is 2.25. The Labute approximate surface area is 123 Å². The van der Waals surface area contributed by atoms with E-state index in [0.717, 1.165) is 42.8 Å². The second-order valence-corrected chi connectivity index (χ2v) is 5.55. The van der Waals surface area contributed by atoms with Crippen molar-refractivity contribution in [3.8, 4) is 0 Å². The standard InChI is InChI=1S/C14H20N6O/c1-10(21)18(2)11-4-6-20(7-5-11)14-12-8-17-19(3)13(12)15-9-16-14/h8-9,11H,4-7H2,1-3H3. The van der Waals surface area contributed by atoms with Gasteiger partial charge in [-0.2, -0.15) is 5.10 Å². The van der Waals surface area contributed by atoms with Crippen LogP contribution in [-0.4, -0.2) is 56.7 Å². The van der Waals surface area contributed by atoms with Crippen LogP contribution in [0.15, 0.2) is 12.5 Å². The summed E-state index contributed by atoms with van der Waals surface area (Å²) < 4.78 is 1.76. The predicted molar refractivity (Wildman–Crippen MR) is 80.0 cm³/mol. The first kappa shape index (κ1) is 13.8. The average molecular weight is 288 g/mol. The quantitative estimate of drug-likeness (QED) is 0.818. The molecule has 1 fully saturated rings. The van der Waals surface area contributed by atoms with Crippen molar-refractivity contribution in [3.05, 3.63) is 12.5 Å². The van der Waals surface area contributed by atoms with Gasteiger partial charge in [0.05, 0.1) is 11.6 Å². The molecule has 2 aromatic rings. The topological polar surface area (TPSA) is 67.2 Å². The molecule has 0 aromatic carbocycles. The number of rotatable bonds is 2. The molecule has 7 heteroatoms. The summed E-state index contributed by atoms with van der Waals surface area (Å²) in [7, 11) is 3.76. The second-order valence-electron chi connectivity index (χ2n) is 5.55. The lowest BCUT2D eigenvalue weighted by Gasteiger charge is -2.37. The molecule has 21 heavy (non-hydrogen) atoms. The molecule has 0 bridgehead atoms. The summed E-state index contributed by atoms with van der Waals surface area (Å²) >= 11 is 0. The van der Waals surface area contributed by atoms with Crippen LogP contribution in [0, 0.1) is 0 Å². The van der Waals surface area contributed by atoms with E-state index in [1.54, 1.807) is 17.9 Å². The summed E-state index contributed by atoms with van der Waals surface area (Å²) in [6.07, 6.45) is 5.33. The molecule has 0 spiro atoms. The van der Waals surface area contributed by atoms with E-state index in [0.29, 0.717) is 6.04 Å². The number of hydrogen-bond acceptors (Lipinski definition) is 5. The maximum Gasteiger partial charge on any atom is 0.219 e. The Morgan fingerprint density at radius 2 is 2.05 bits per heavy atom. The molecule has 1 saturated heterocycles. The van der Waals surface area contributed by atoms with Crippen molar-refractivity contribution in [3.63, 3.8) is 0 Å². The summed E-state index contributed by atoms with van der Waals surface area (Å²) in [5.41, 5.74) is 0.850. The van der Waals surface area contributed by atoms with E-state index in [1.165, 1.54) is 0 Å². The van der Waals surface area contributed by atoms with Gasteiger partial charge in [0.25, 0.3) is 0 Å². The summed E-state index contributed by atoms with van der Waals surface area (Å²) in [5.74, 6) is 1.07. The van der Waals surface area contributed by atoms with Gasteiger partial charge in [-0.15, -0.1) is 0 Å². The number of amides is 1. The van der Waals surface area contributed by atoms with Crippen LogP contribution in [0.4, 0.5) is 5.82 Å². The Kier molecular flexibility index (Phi) is 3.48. The molecule has 0 aliphatic carbocycles. The third-order valence-electron chi connectivity index (χ3n) is 4.32. The number of piperidine rings is 1. The van der Waals surface area contributed by atoms with Crippen molar-refractivity contribution in [2.75, 3.05) is 25.0 Å². The smallest absolute Gasteiger partial charge is 0.219 e. The Bertz CT molecular complexity index is 659. The van der Waals surface area contributed by atoms with Gasteiger partial charge in [-0.25, -0.2) is 9.97 Å². The minimum Gasteiger partial charge on any atom is -0.356 e. The zero-order chi connectivity index (χ0) is 15.0. The molecule has 1 aliphatic rings. The normalized spacial score (nSPS) is 16.4. The van der Waals surface area contributed by atoms with Gasteiger partial charge in [-0.05, 0) is 12.8 Å². The SMILES string of the molecule is CC(=O)N(C)C1CCN(c2ncnc3c2cnn3C)CC1. The van der Waals surface area contributed by atoms with Crippen LogP contribution in [0.2, 0.25) is 0 Å². The lowest BCUT2D eigenvalue weighted by molar-refractivity contribution is -0.129. The van der Waals surface area contributed by atoms with Gasteiger partial charge in [0.1, 0.15) is 12.1 Å². The molecule has 0 radical (unpaired) electrons. The Balaban J connectivity index is 1.78. The number of carbonyl (C=O) groups is 1. The fraction of sp³-hybridized carbons (Fsp3) is 0.571. The van der Waals surface area contributed by atoms with Gasteiger partial charge in [0.15, 0.2) is 5.65 Å². The van der Waals surface area contributed by atoms with E-state index in [9.17, 15) is 4.79 Å². The summed E-state index contributed by atoms with van der Waals surface area (Å²) in [5, 5.41) is 5.24. The first-order valence-electron chi connectivity index (χ1n) is 7.19. The van der Waals surface area contributed by atoms with Crippen molar-refractivity contribution in [2.45, 2.75) is 25.8 Å². The van der Waals surface area contributed by atoms with Crippen LogP contribution in [-0.2, 0) is 11.8 Å². The molecule has 7 nitrogen and oxygen atoms in total. The fourth-order valence-electron chi connectivity index (χ4n) is 2.92. The third-order valence-corrected chi connectivity index (χ3v) is 4.32. The van der Waals surface area contributed by atoms with Crippen molar-refractivity contribution in [1.29, 1.82) is 0 Å². The van der Waals surface area contributed by atoms with Gasteiger partial charge in [0, 0.05) is 40.2 Å². The number of anilines is 1. The van der Waals surface area contributed by atoms with Crippen LogP contribution in [0.25, 0.3) is 11.0 Å². The Hall–Kier alpha value is -2.18. The number of aryl methyl sites for hydroxylation is 1. The number of fused-ring (bicyclic) bond motifs is 1. The molecule has 0 N–H and O–H groups in total. The molecule has 3 rings (SSSR count). The van der Waals surface area contributed by atoms with Crippen LogP contribution >= 0.6 is 0 Å². The van der Waals surface area contributed by atoms with Crippen molar-refractivity contribution in [1.82, 2.24) is 24.6 Å². The highest BCUT2D eigenvalue weighted by molar-refractivity contribution is 5.86. The summed E-state index contributed by atoms with van der Waals surface area (Å²) in [6.45, 7) is 3.41. The Morgan fingerprint density at radius 1 is 1.33 bits per heavy atom. The van der Waals surface area contributed by atoms with E-state index in [1.807, 2.05) is 25.2 Å². The number of aromatic nitrogens is 4. The lowest BCUT2D eigenvalue weighted by Crippen LogP contribution is -2.45. The third kappa shape index (κ3) is 2.43. The second kappa shape index (κ2) is 5.31. The zero-order valence-corrected chi connectivity index (χ0v) is 12.7. The van der Waals surface area contributed by atoms with Gasteiger partial charge in [0.2, 0.25) is 5.91 Å². The summed E-state index contributed by atoms with van der Waals surface area (Å²) in [4.78, 5) is 24.3. The molecule has 2 aromatic heterocycles. The molecule has 3 heterocycles. The van der Waals surface area contributed by atoms with E-state index in [2.05, 4.69) is 20.0 Å². The van der Waals surface area contributed by atoms with E-state index in [4.69, 9.17) is 0 Å². The fourth-order valence-corrected chi connectivity index (χ4v) is 2.92. The van der Waals surface area contributed by atoms with Gasteiger partial charge < -0.3 is 9.80 Å². The molecule has 0 unspecified atom stereocenters. The van der Waals surface area contributed by atoms with Crippen molar-refractivity contribution < 1.29 is 4.79 Å². The minimum absolute atomic E-state index is 0.130.